The summed E-state index contributed by atoms with van der Waals surface area (Å²) in [6, 6.07) is 0. The second kappa shape index (κ2) is 1.78. The molecule has 8 heavy (non-hydrogen) atoms. The van der Waals surface area contributed by atoms with Crippen molar-refractivity contribution >= 4 is 17.6 Å². The van der Waals surface area contributed by atoms with Crippen molar-refractivity contribution in [1.29, 1.82) is 0 Å². The van der Waals surface area contributed by atoms with Crippen LogP contribution in [-0.2, 0) is 9.53 Å². The Balaban J connectivity index is 2.86. The highest BCUT2D eigenvalue weighted by molar-refractivity contribution is 6.32. The van der Waals surface area contributed by atoms with Gasteiger partial charge in [0.1, 0.15) is 6.61 Å². The van der Waals surface area contributed by atoms with E-state index in [1.165, 1.54) is 0 Å². The molecule has 3 heteroatoms. The van der Waals surface area contributed by atoms with Crippen molar-refractivity contribution in [2.24, 2.45) is 0 Å². The van der Waals surface area contributed by atoms with Crippen molar-refractivity contribution < 1.29 is 9.53 Å². The Kier molecular flexibility index (Phi) is 1.26. The Labute approximate surface area is 52.1 Å². The van der Waals surface area contributed by atoms with Gasteiger partial charge < -0.3 is 4.74 Å². The highest BCUT2D eigenvalue weighted by Gasteiger charge is 2.17. The molecule has 0 unspecified atom stereocenters. The summed E-state index contributed by atoms with van der Waals surface area (Å²) in [6.45, 7) is 1.91. The van der Waals surface area contributed by atoms with Crippen molar-refractivity contribution in [2.45, 2.75) is 6.92 Å². The fourth-order valence-corrected chi connectivity index (χ4v) is 0.588. The quantitative estimate of drug-likeness (QED) is 0.461. The summed E-state index contributed by atoms with van der Waals surface area (Å²) in [5, 5.41) is 0.523. The third-order valence-electron chi connectivity index (χ3n) is 1.04. The molecule has 0 aromatic rings. The molecule has 1 rings (SSSR count). The maximum Gasteiger partial charge on any atom is 0.335 e. The number of hydrogen-bond donors (Lipinski definition) is 0. The van der Waals surface area contributed by atoms with Gasteiger partial charge in [0.15, 0.2) is 0 Å². The molecule has 0 radical (unpaired) electrons. The molecule has 2 nitrogen and oxygen atoms in total. The molecule has 1 heterocycles. The lowest BCUT2D eigenvalue weighted by Crippen LogP contribution is -1.94. The van der Waals surface area contributed by atoms with Gasteiger partial charge in [-0.25, -0.2) is 4.79 Å². The van der Waals surface area contributed by atoms with Crippen LogP contribution in [0.4, 0.5) is 0 Å². The van der Waals surface area contributed by atoms with E-state index in [1.807, 2.05) is 0 Å². The number of hydrogen-bond acceptors (Lipinski definition) is 2. The number of cyclic esters (lactones) is 1. The Morgan fingerprint density at radius 3 is 2.50 bits per heavy atom. The van der Waals surface area contributed by atoms with Crippen LogP contribution in [0.1, 0.15) is 6.92 Å². The van der Waals surface area contributed by atoms with E-state index in [9.17, 15) is 4.79 Å². The van der Waals surface area contributed by atoms with Gasteiger partial charge in [0.05, 0.1) is 10.6 Å². The van der Waals surface area contributed by atoms with Crippen molar-refractivity contribution in [2.75, 3.05) is 6.61 Å². The van der Waals surface area contributed by atoms with Crippen LogP contribution >= 0.6 is 11.6 Å². The molecule has 0 spiro atoms. The van der Waals surface area contributed by atoms with Gasteiger partial charge in [-0.3, -0.25) is 0 Å². The number of esters is 1. The van der Waals surface area contributed by atoms with Crippen LogP contribution in [0.2, 0.25) is 0 Å². The summed E-state index contributed by atoms with van der Waals surface area (Å²) in [5.74, 6) is -0.296. The Hall–Kier alpha value is -0.500. The summed E-state index contributed by atoms with van der Waals surface area (Å²) < 4.78 is 4.53. The van der Waals surface area contributed by atoms with E-state index in [1.54, 1.807) is 6.92 Å². The number of carbonyl (C=O) groups is 1. The molecule has 0 aliphatic carbocycles. The zero-order chi connectivity index (χ0) is 6.15. The van der Waals surface area contributed by atoms with Gasteiger partial charge in [0, 0.05) is 0 Å². The van der Waals surface area contributed by atoms with Crippen LogP contribution in [-0.4, -0.2) is 12.6 Å². The fourth-order valence-electron chi connectivity index (χ4n) is 0.456. The molecule has 0 saturated carbocycles. The summed E-state index contributed by atoms with van der Waals surface area (Å²) in [4.78, 5) is 10.4. The lowest BCUT2D eigenvalue weighted by Gasteiger charge is -1.85. The third-order valence-corrected chi connectivity index (χ3v) is 1.44. The second-order valence-electron chi connectivity index (χ2n) is 1.61. The predicted molar refractivity (Wildman–Crippen MR) is 29.5 cm³/mol. The van der Waals surface area contributed by atoms with Crippen LogP contribution in [0, 0.1) is 0 Å². The average molecular weight is 133 g/mol. The van der Waals surface area contributed by atoms with E-state index in [0.717, 1.165) is 0 Å². The molecular weight excluding hydrogens is 128 g/mol. The van der Waals surface area contributed by atoms with E-state index in [-0.39, 0.29) is 12.6 Å². The highest BCUT2D eigenvalue weighted by atomic mass is 35.5. The van der Waals surface area contributed by atoms with E-state index in [4.69, 9.17) is 11.6 Å². The highest BCUT2D eigenvalue weighted by Crippen LogP contribution is 2.17. The number of rotatable bonds is 0. The van der Waals surface area contributed by atoms with Gasteiger partial charge >= 0.3 is 5.97 Å². The summed E-state index contributed by atoms with van der Waals surface area (Å²) in [5.41, 5.74) is 0.534. The van der Waals surface area contributed by atoms with Crippen LogP contribution in [0.15, 0.2) is 10.6 Å². The van der Waals surface area contributed by atoms with Gasteiger partial charge in [-0.1, -0.05) is 11.6 Å². The van der Waals surface area contributed by atoms with Crippen LogP contribution in [0.5, 0.6) is 0 Å². The molecule has 0 aromatic heterocycles. The minimum Gasteiger partial charge on any atom is -0.456 e. The molecule has 0 fully saturated rings. The fraction of sp³-hybridized carbons (Fsp3) is 0.400. The molecule has 0 amide bonds. The predicted octanol–water partition coefficient (Wildman–Crippen LogP) is 1.06. The van der Waals surface area contributed by atoms with Crippen LogP contribution in [0.25, 0.3) is 0 Å². The van der Waals surface area contributed by atoms with E-state index in [2.05, 4.69) is 4.74 Å². The van der Waals surface area contributed by atoms with Gasteiger partial charge in [-0.2, -0.15) is 0 Å². The third kappa shape index (κ3) is 0.713. The van der Waals surface area contributed by atoms with Crippen molar-refractivity contribution in [3.8, 4) is 0 Å². The Morgan fingerprint density at radius 1 is 1.75 bits per heavy atom. The normalized spacial score (nSPS) is 19.5. The molecular formula is C5H5ClO2. The van der Waals surface area contributed by atoms with E-state index in [0.29, 0.717) is 10.6 Å². The van der Waals surface area contributed by atoms with Gasteiger partial charge in [0.2, 0.25) is 0 Å². The SMILES string of the molecule is CC1=C(Cl)COC1=O. The number of carbonyl (C=O) groups excluding carboxylic acids is 1. The van der Waals surface area contributed by atoms with Gasteiger partial charge in [0.25, 0.3) is 0 Å². The molecule has 0 aromatic carbocycles. The van der Waals surface area contributed by atoms with Crippen molar-refractivity contribution in [3.63, 3.8) is 0 Å². The van der Waals surface area contributed by atoms with E-state index < -0.39 is 0 Å². The molecule has 0 saturated heterocycles. The minimum atomic E-state index is -0.296. The zero-order valence-corrected chi connectivity index (χ0v) is 5.16. The standard InChI is InChI=1S/C5H5ClO2/c1-3-4(6)2-8-5(3)7/h2H2,1H3. The first-order valence-corrected chi connectivity index (χ1v) is 2.62. The first-order valence-electron chi connectivity index (χ1n) is 2.24. The molecule has 0 N–H and O–H groups in total. The molecule has 0 atom stereocenters. The number of halogens is 1. The lowest BCUT2D eigenvalue weighted by molar-refractivity contribution is -0.135. The Bertz CT molecular complexity index is 160. The maximum atomic E-state index is 10.4. The second-order valence-corrected chi connectivity index (χ2v) is 2.06. The van der Waals surface area contributed by atoms with Gasteiger partial charge in [-0.05, 0) is 6.92 Å². The van der Waals surface area contributed by atoms with Crippen molar-refractivity contribution in [3.05, 3.63) is 10.6 Å². The number of ether oxygens (including phenoxy) is 1. The minimum absolute atomic E-state index is 0.256. The maximum absolute atomic E-state index is 10.4. The molecule has 1 aliphatic rings. The van der Waals surface area contributed by atoms with Crippen LogP contribution < -0.4 is 0 Å². The first kappa shape index (κ1) is 5.63. The van der Waals surface area contributed by atoms with Gasteiger partial charge in [-0.15, -0.1) is 0 Å². The largest absolute Gasteiger partial charge is 0.456 e. The molecule has 0 bridgehead atoms. The summed E-state index contributed by atoms with van der Waals surface area (Å²) in [7, 11) is 0. The van der Waals surface area contributed by atoms with Crippen LogP contribution in [0.3, 0.4) is 0 Å². The first-order chi connectivity index (χ1) is 3.72. The summed E-state index contributed by atoms with van der Waals surface area (Å²) in [6.07, 6.45) is 0. The lowest BCUT2D eigenvalue weighted by atomic mass is 10.3. The zero-order valence-electron chi connectivity index (χ0n) is 4.40. The molecule has 1 aliphatic heterocycles. The average Bonchev–Trinajstić information content (AvgIpc) is 1.98. The Morgan fingerprint density at radius 2 is 2.38 bits per heavy atom. The van der Waals surface area contributed by atoms with E-state index >= 15 is 0 Å². The monoisotopic (exact) mass is 132 g/mol. The van der Waals surface area contributed by atoms with Crippen molar-refractivity contribution in [1.82, 2.24) is 0 Å². The molecule has 44 valence electrons. The topological polar surface area (TPSA) is 26.3 Å². The smallest absolute Gasteiger partial charge is 0.335 e. The summed E-state index contributed by atoms with van der Waals surface area (Å²) >= 11 is 5.49.